The Labute approximate surface area is 134 Å². The summed E-state index contributed by atoms with van der Waals surface area (Å²) < 4.78 is 0. The smallest absolute Gasteiger partial charge is 0.305 e. The lowest BCUT2D eigenvalue weighted by Crippen LogP contribution is -2.26. The monoisotopic (exact) mass is 325 g/mol. The Balaban J connectivity index is 1.90. The average molecular weight is 325 g/mol. The fourth-order valence-corrected chi connectivity index (χ4v) is 3.69. The predicted octanol–water partition coefficient (Wildman–Crippen LogP) is 2.64. The maximum absolute atomic E-state index is 11.6. The lowest BCUT2D eigenvalue weighted by Gasteiger charge is -2.34. The van der Waals surface area contributed by atoms with Crippen LogP contribution in [0.15, 0.2) is 10.2 Å². The van der Waals surface area contributed by atoms with Crippen molar-refractivity contribution in [2.45, 2.75) is 58.1 Å². The van der Waals surface area contributed by atoms with E-state index in [1.807, 2.05) is 0 Å². The number of hydrogen-bond acceptors (Lipinski definition) is 5. The summed E-state index contributed by atoms with van der Waals surface area (Å²) in [6.07, 6.45) is 3.92. The zero-order valence-electron chi connectivity index (χ0n) is 13.3. The Bertz CT molecular complexity index is 513. The van der Waals surface area contributed by atoms with E-state index in [-0.39, 0.29) is 12.3 Å². The standard InChI is InChI=1S/C15H23N3O3S/c1-15(2,3)9-4-6-10(7-5-9)17-18-14-16-13(21)11(22-14)8-12(19)20/h9,11H,4-8H2,1-3H3,(H,19,20)(H,16,18,21)/t9?,11-/m1/s1. The topological polar surface area (TPSA) is 91.1 Å². The summed E-state index contributed by atoms with van der Waals surface area (Å²) in [6.45, 7) is 6.81. The molecule has 0 bridgehead atoms. The molecule has 2 N–H and O–H groups in total. The Hall–Kier alpha value is -1.37. The lowest BCUT2D eigenvalue weighted by atomic mass is 9.72. The molecule has 1 saturated carbocycles. The SMILES string of the molecule is CC(C)(C)C1CCC(=N/N=C2/NC(=O)[C@@H](CC(=O)O)S2)CC1. The van der Waals surface area contributed by atoms with Crippen LogP contribution >= 0.6 is 11.8 Å². The Kier molecular flexibility index (Phi) is 5.26. The highest BCUT2D eigenvalue weighted by molar-refractivity contribution is 8.15. The molecule has 1 aliphatic carbocycles. The lowest BCUT2D eigenvalue weighted by molar-refractivity contribution is -0.138. The number of thioether (sulfide) groups is 1. The molecule has 0 aromatic heterocycles. The second-order valence-corrected chi connectivity index (χ2v) is 8.10. The van der Waals surface area contributed by atoms with Crippen molar-refractivity contribution >= 4 is 34.5 Å². The predicted molar refractivity (Wildman–Crippen MR) is 88.1 cm³/mol. The van der Waals surface area contributed by atoms with Gasteiger partial charge in [-0.15, -0.1) is 5.10 Å². The third-order valence-electron chi connectivity index (χ3n) is 4.21. The van der Waals surface area contributed by atoms with Crippen LogP contribution in [0, 0.1) is 11.3 Å². The van der Waals surface area contributed by atoms with Gasteiger partial charge in [0.05, 0.1) is 6.42 Å². The van der Waals surface area contributed by atoms with Crippen molar-refractivity contribution in [2.75, 3.05) is 0 Å². The van der Waals surface area contributed by atoms with Crippen molar-refractivity contribution in [3.63, 3.8) is 0 Å². The number of rotatable bonds is 3. The highest BCUT2D eigenvalue weighted by atomic mass is 32.2. The fraction of sp³-hybridized carbons (Fsp3) is 0.733. The molecule has 122 valence electrons. The number of carboxylic acids is 1. The van der Waals surface area contributed by atoms with Crippen LogP contribution in [-0.2, 0) is 9.59 Å². The van der Waals surface area contributed by atoms with E-state index in [1.165, 1.54) is 0 Å². The normalized spacial score (nSPS) is 27.9. The third-order valence-corrected chi connectivity index (χ3v) is 5.28. The molecular formula is C15H23N3O3S. The number of nitrogens with one attached hydrogen (secondary N) is 1. The quantitative estimate of drug-likeness (QED) is 0.780. The molecule has 7 heteroatoms. The zero-order chi connectivity index (χ0) is 16.3. The molecule has 1 aliphatic heterocycles. The molecule has 2 fully saturated rings. The first-order valence-electron chi connectivity index (χ1n) is 7.58. The first-order chi connectivity index (χ1) is 10.3. The van der Waals surface area contributed by atoms with Gasteiger partial charge in [0.2, 0.25) is 5.91 Å². The van der Waals surface area contributed by atoms with Crippen molar-refractivity contribution in [3.05, 3.63) is 0 Å². The first kappa shape index (κ1) is 17.0. The van der Waals surface area contributed by atoms with E-state index >= 15 is 0 Å². The number of nitrogens with zero attached hydrogens (tertiary/aromatic N) is 2. The van der Waals surface area contributed by atoms with Crippen LogP contribution in [0.5, 0.6) is 0 Å². The van der Waals surface area contributed by atoms with E-state index in [1.54, 1.807) is 0 Å². The van der Waals surface area contributed by atoms with Crippen LogP contribution in [-0.4, -0.2) is 33.1 Å². The molecule has 1 saturated heterocycles. The van der Waals surface area contributed by atoms with Gasteiger partial charge >= 0.3 is 5.97 Å². The molecule has 6 nitrogen and oxygen atoms in total. The minimum Gasteiger partial charge on any atom is -0.481 e. The molecular weight excluding hydrogens is 302 g/mol. The van der Waals surface area contributed by atoms with Crippen molar-refractivity contribution in [1.82, 2.24) is 5.32 Å². The molecule has 2 aliphatic rings. The van der Waals surface area contributed by atoms with Crippen LogP contribution in [0.1, 0.15) is 52.9 Å². The van der Waals surface area contributed by atoms with E-state index in [0.29, 0.717) is 16.5 Å². The van der Waals surface area contributed by atoms with Gasteiger partial charge in [-0.3, -0.25) is 9.59 Å². The maximum Gasteiger partial charge on any atom is 0.305 e. The van der Waals surface area contributed by atoms with Gasteiger partial charge in [-0.05, 0) is 37.0 Å². The molecule has 22 heavy (non-hydrogen) atoms. The highest BCUT2D eigenvalue weighted by Crippen LogP contribution is 2.36. The molecule has 0 unspecified atom stereocenters. The van der Waals surface area contributed by atoms with Gasteiger partial charge in [0.25, 0.3) is 0 Å². The van der Waals surface area contributed by atoms with Gasteiger partial charge in [0.1, 0.15) is 5.25 Å². The summed E-state index contributed by atoms with van der Waals surface area (Å²) in [4.78, 5) is 22.3. The molecule has 0 aromatic carbocycles. The number of aliphatic carboxylic acids is 1. The largest absolute Gasteiger partial charge is 0.481 e. The molecule has 0 radical (unpaired) electrons. The van der Waals surface area contributed by atoms with Crippen LogP contribution in [0.4, 0.5) is 0 Å². The Morgan fingerprint density at radius 2 is 1.95 bits per heavy atom. The number of amides is 1. The van der Waals surface area contributed by atoms with Crippen LogP contribution in [0.2, 0.25) is 0 Å². The summed E-state index contributed by atoms with van der Waals surface area (Å²) in [5, 5.41) is 19.5. The van der Waals surface area contributed by atoms with Gasteiger partial charge < -0.3 is 10.4 Å². The summed E-state index contributed by atoms with van der Waals surface area (Å²) in [5.41, 5.74) is 1.39. The van der Waals surface area contributed by atoms with Crippen molar-refractivity contribution < 1.29 is 14.7 Å². The molecule has 2 rings (SSSR count). The minimum atomic E-state index is -0.985. The molecule has 0 spiro atoms. The van der Waals surface area contributed by atoms with Gasteiger partial charge in [0.15, 0.2) is 5.17 Å². The second-order valence-electron chi connectivity index (χ2n) is 6.91. The summed E-state index contributed by atoms with van der Waals surface area (Å²) in [7, 11) is 0. The van der Waals surface area contributed by atoms with Gasteiger partial charge in [-0.2, -0.15) is 5.10 Å². The van der Waals surface area contributed by atoms with E-state index in [9.17, 15) is 9.59 Å². The number of hydrogen-bond donors (Lipinski definition) is 2. The Morgan fingerprint density at radius 3 is 2.50 bits per heavy atom. The third kappa shape index (κ3) is 4.56. The van der Waals surface area contributed by atoms with E-state index in [4.69, 9.17) is 5.11 Å². The van der Waals surface area contributed by atoms with Crippen LogP contribution in [0.3, 0.4) is 0 Å². The Morgan fingerprint density at radius 1 is 1.32 bits per heavy atom. The molecule has 1 amide bonds. The zero-order valence-corrected chi connectivity index (χ0v) is 14.1. The first-order valence-corrected chi connectivity index (χ1v) is 8.46. The fourth-order valence-electron chi connectivity index (χ4n) is 2.78. The number of amidine groups is 1. The molecule has 1 atom stereocenters. The van der Waals surface area contributed by atoms with Crippen LogP contribution < -0.4 is 5.32 Å². The number of carbonyl (C=O) groups is 2. The summed E-state index contributed by atoms with van der Waals surface area (Å²) in [6, 6.07) is 0. The van der Waals surface area contributed by atoms with Gasteiger partial charge in [-0.1, -0.05) is 32.5 Å². The minimum absolute atomic E-state index is 0.195. The van der Waals surface area contributed by atoms with E-state index in [2.05, 4.69) is 36.3 Å². The average Bonchev–Trinajstić information content (AvgIpc) is 2.76. The number of carboxylic acid groups (broad SMARTS) is 1. The molecule has 0 aromatic rings. The van der Waals surface area contributed by atoms with Crippen molar-refractivity contribution in [3.8, 4) is 0 Å². The molecule has 1 heterocycles. The van der Waals surface area contributed by atoms with Crippen molar-refractivity contribution in [1.29, 1.82) is 0 Å². The summed E-state index contributed by atoms with van der Waals surface area (Å²) in [5.74, 6) is -0.580. The van der Waals surface area contributed by atoms with Gasteiger partial charge in [0, 0.05) is 5.71 Å². The van der Waals surface area contributed by atoms with E-state index in [0.717, 1.165) is 43.2 Å². The van der Waals surface area contributed by atoms with Crippen molar-refractivity contribution in [2.24, 2.45) is 21.5 Å². The van der Waals surface area contributed by atoms with Gasteiger partial charge in [-0.25, -0.2) is 0 Å². The number of carbonyl (C=O) groups excluding carboxylic acids is 1. The summed E-state index contributed by atoms with van der Waals surface area (Å²) >= 11 is 1.14. The maximum atomic E-state index is 11.6. The van der Waals surface area contributed by atoms with Crippen LogP contribution in [0.25, 0.3) is 0 Å². The van der Waals surface area contributed by atoms with E-state index < -0.39 is 11.2 Å². The second kappa shape index (κ2) is 6.81. The highest BCUT2D eigenvalue weighted by Gasteiger charge is 2.32.